The number of carbonyl (C=O) groups is 1. The highest BCUT2D eigenvalue weighted by atomic mass is 16.5. The third kappa shape index (κ3) is 3.84. The molecule has 0 radical (unpaired) electrons. The van der Waals surface area contributed by atoms with Gasteiger partial charge in [0.25, 0.3) is 5.91 Å². The first kappa shape index (κ1) is 15.3. The van der Waals surface area contributed by atoms with Crippen molar-refractivity contribution in [3.05, 3.63) is 23.8 Å². The van der Waals surface area contributed by atoms with Crippen LogP contribution < -0.4 is 10.5 Å². The van der Waals surface area contributed by atoms with E-state index >= 15 is 0 Å². The van der Waals surface area contributed by atoms with Gasteiger partial charge in [-0.25, -0.2) is 0 Å². The molecular formula is C13H20N2O4. The van der Waals surface area contributed by atoms with Gasteiger partial charge >= 0.3 is 0 Å². The number of carbonyl (C=O) groups excluding carboxylic acids is 1. The van der Waals surface area contributed by atoms with Crippen molar-refractivity contribution in [2.75, 3.05) is 40.2 Å². The van der Waals surface area contributed by atoms with Crippen LogP contribution in [-0.4, -0.2) is 56.4 Å². The molecule has 6 heteroatoms. The van der Waals surface area contributed by atoms with E-state index in [2.05, 4.69) is 0 Å². The molecule has 19 heavy (non-hydrogen) atoms. The molecule has 0 aromatic heterocycles. The molecule has 1 rings (SSSR count). The standard InChI is InChI=1S/C13H20N2O4/c1-15(7-9(16)8-18-2)13(17)10-5-4-6-11(14)12(10)19-3/h4-6,9,16H,7-8,14H2,1-3H3. The lowest BCUT2D eigenvalue weighted by Crippen LogP contribution is -2.36. The minimum Gasteiger partial charge on any atom is -0.494 e. The zero-order chi connectivity index (χ0) is 14.4. The Labute approximate surface area is 112 Å². The highest BCUT2D eigenvalue weighted by Crippen LogP contribution is 2.26. The fraction of sp³-hybridized carbons (Fsp3) is 0.462. The second kappa shape index (κ2) is 6.96. The Kier molecular flexibility index (Phi) is 5.59. The summed E-state index contributed by atoms with van der Waals surface area (Å²) in [5.41, 5.74) is 6.53. The fourth-order valence-electron chi connectivity index (χ4n) is 1.80. The summed E-state index contributed by atoms with van der Waals surface area (Å²) in [6, 6.07) is 4.98. The molecule has 6 nitrogen and oxygen atoms in total. The number of rotatable bonds is 6. The maximum Gasteiger partial charge on any atom is 0.257 e. The number of nitrogens with two attached hydrogens (primary N) is 1. The normalized spacial score (nSPS) is 12.0. The van der Waals surface area contributed by atoms with Crippen LogP contribution in [0.4, 0.5) is 5.69 Å². The van der Waals surface area contributed by atoms with Gasteiger partial charge in [-0.15, -0.1) is 0 Å². The van der Waals surface area contributed by atoms with E-state index in [1.165, 1.54) is 19.1 Å². The first-order valence-electron chi connectivity index (χ1n) is 5.86. The number of ether oxygens (including phenoxy) is 2. The molecule has 1 atom stereocenters. The second-order valence-electron chi connectivity index (χ2n) is 4.22. The fourth-order valence-corrected chi connectivity index (χ4v) is 1.80. The molecule has 0 spiro atoms. The summed E-state index contributed by atoms with van der Waals surface area (Å²) in [4.78, 5) is 13.7. The summed E-state index contributed by atoms with van der Waals surface area (Å²) in [7, 11) is 4.55. The highest BCUT2D eigenvalue weighted by Gasteiger charge is 2.20. The second-order valence-corrected chi connectivity index (χ2v) is 4.22. The van der Waals surface area contributed by atoms with Gasteiger partial charge in [0.2, 0.25) is 0 Å². The number of nitrogen functional groups attached to an aromatic ring is 1. The number of hydrogen-bond donors (Lipinski definition) is 2. The summed E-state index contributed by atoms with van der Waals surface area (Å²) >= 11 is 0. The van der Waals surface area contributed by atoms with Crippen molar-refractivity contribution in [1.82, 2.24) is 4.90 Å². The Morgan fingerprint density at radius 2 is 2.16 bits per heavy atom. The van der Waals surface area contributed by atoms with Crippen LogP contribution in [-0.2, 0) is 4.74 Å². The predicted molar refractivity (Wildman–Crippen MR) is 72.2 cm³/mol. The van der Waals surface area contributed by atoms with Crippen LogP contribution in [0.3, 0.4) is 0 Å². The van der Waals surface area contributed by atoms with Gasteiger partial charge in [-0.1, -0.05) is 6.07 Å². The molecule has 1 aromatic rings. The van der Waals surface area contributed by atoms with E-state index in [4.69, 9.17) is 15.2 Å². The third-order valence-corrected chi connectivity index (χ3v) is 2.67. The van der Waals surface area contributed by atoms with E-state index in [0.29, 0.717) is 17.0 Å². The van der Waals surface area contributed by atoms with Crippen molar-refractivity contribution in [3.63, 3.8) is 0 Å². The van der Waals surface area contributed by atoms with Crippen molar-refractivity contribution < 1.29 is 19.4 Å². The number of anilines is 1. The number of para-hydroxylation sites is 1. The lowest BCUT2D eigenvalue weighted by atomic mass is 10.1. The first-order chi connectivity index (χ1) is 9.01. The maximum absolute atomic E-state index is 12.3. The van der Waals surface area contributed by atoms with Gasteiger partial charge in [-0.2, -0.15) is 0 Å². The molecule has 0 aliphatic heterocycles. The van der Waals surface area contributed by atoms with Crippen LogP contribution in [0.5, 0.6) is 5.75 Å². The van der Waals surface area contributed by atoms with Gasteiger partial charge in [0.1, 0.15) is 0 Å². The van der Waals surface area contributed by atoms with Gasteiger partial charge < -0.3 is 25.2 Å². The largest absolute Gasteiger partial charge is 0.494 e. The summed E-state index contributed by atoms with van der Waals surface area (Å²) in [5.74, 6) is 0.0832. The van der Waals surface area contributed by atoms with Gasteiger partial charge in [0.15, 0.2) is 5.75 Å². The van der Waals surface area contributed by atoms with Gasteiger partial charge in [0.05, 0.1) is 31.1 Å². The van der Waals surface area contributed by atoms with Gasteiger partial charge in [-0.05, 0) is 12.1 Å². The van der Waals surface area contributed by atoms with Crippen molar-refractivity contribution in [2.45, 2.75) is 6.10 Å². The zero-order valence-electron chi connectivity index (χ0n) is 11.4. The molecule has 3 N–H and O–H groups in total. The molecular weight excluding hydrogens is 248 g/mol. The monoisotopic (exact) mass is 268 g/mol. The summed E-state index contributed by atoms with van der Waals surface area (Å²) < 4.78 is 9.96. The van der Waals surface area contributed by atoms with E-state index in [0.717, 1.165) is 0 Å². The van der Waals surface area contributed by atoms with Crippen molar-refractivity contribution >= 4 is 11.6 Å². The minimum absolute atomic E-state index is 0.171. The average Bonchev–Trinajstić information content (AvgIpc) is 2.37. The van der Waals surface area contributed by atoms with E-state index in [1.807, 2.05) is 0 Å². The van der Waals surface area contributed by atoms with Crippen LogP contribution in [0.2, 0.25) is 0 Å². The topological polar surface area (TPSA) is 85.0 Å². The van der Waals surface area contributed by atoms with E-state index in [9.17, 15) is 9.90 Å². The Morgan fingerprint density at radius 1 is 1.47 bits per heavy atom. The van der Waals surface area contributed by atoms with Crippen molar-refractivity contribution in [2.24, 2.45) is 0 Å². The first-order valence-corrected chi connectivity index (χ1v) is 5.86. The number of amides is 1. The van der Waals surface area contributed by atoms with Gasteiger partial charge in [0, 0.05) is 20.7 Å². The zero-order valence-corrected chi connectivity index (χ0v) is 11.4. The Balaban J connectivity index is 2.85. The number of methoxy groups -OCH3 is 2. The lowest BCUT2D eigenvalue weighted by Gasteiger charge is -2.21. The molecule has 1 aromatic carbocycles. The van der Waals surface area contributed by atoms with E-state index in [1.54, 1.807) is 25.2 Å². The summed E-state index contributed by atoms with van der Waals surface area (Å²) in [5, 5.41) is 9.62. The van der Waals surface area contributed by atoms with E-state index in [-0.39, 0.29) is 19.1 Å². The van der Waals surface area contributed by atoms with Crippen LogP contribution in [0.15, 0.2) is 18.2 Å². The van der Waals surface area contributed by atoms with Crippen LogP contribution in [0.25, 0.3) is 0 Å². The Bertz CT molecular complexity index is 437. The molecule has 0 aliphatic rings. The van der Waals surface area contributed by atoms with Crippen molar-refractivity contribution in [3.8, 4) is 5.75 Å². The SMILES string of the molecule is COCC(O)CN(C)C(=O)c1cccc(N)c1OC. The lowest BCUT2D eigenvalue weighted by molar-refractivity contribution is 0.0379. The highest BCUT2D eigenvalue weighted by molar-refractivity contribution is 5.98. The summed E-state index contributed by atoms with van der Waals surface area (Å²) in [6.45, 7) is 0.344. The Hall–Kier alpha value is -1.79. The molecule has 0 fully saturated rings. The number of nitrogens with zero attached hydrogens (tertiary/aromatic N) is 1. The number of likely N-dealkylation sites (N-methyl/N-ethyl adjacent to an activating group) is 1. The van der Waals surface area contributed by atoms with Crippen LogP contribution >= 0.6 is 0 Å². The number of benzene rings is 1. The molecule has 106 valence electrons. The maximum atomic E-state index is 12.3. The molecule has 0 saturated heterocycles. The predicted octanol–water partition coefficient (Wildman–Crippen LogP) is 0.357. The van der Waals surface area contributed by atoms with Crippen LogP contribution in [0.1, 0.15) is 10.4 Å². The Morgan fingerprint density at radius 3 is 2.74 bits per heavy atom. The quantitative estimate of drug-likeness (QED) is 0.727. The number of hydrogen-bond acceptors (Lipinski definition) is 5. The molecule has 0 heterocycles. The van der Waals surface area contributed by atoms with Crippen molar-refractivity contribution in [1.29, 1.82) is 0 Å². The third-order valence-electron chi connectivity index (χ3n) is 2.67. The molecule has 0 saturated carbocycles. The number of aliphatic hydroxyl groups is 1. The summed E-state index contributed by atoms with van der Waals surface area (Å²) in [6.07, 6.45) is -0.731. The average molecular weight is 268 g/mol. The minimum atomic E-state index is -0.731. The van der Waals surface area contributed by atoms with Gasteiger partial charge in [-0.3, -0.25) is 4.79 Å². The molecule has 0 aliphatic carbocycles. The van der Waals surface area contributed by atoms with Crippen LogP contribution in [0, 0.1) is 0 Å². The number of aliphatic hydroxyl groups excluding tert-OH is 1. The molecule has 1 unspecified atom stereocenters. The van der Waals surface area contributed by atoms with E-state index < -0.39 is 6.10 Å². The smallest absolute Gasteiger partial charge is 0.257 e. The molecule has 1 amide bonds. The molecule has 0 bridgehead atoms.